The Morgan fingerprint density at radius 1 is 1.18 bits per heavy atom. The van der Waals surface area contributed by atoms with Crippen LogP contribution in [0.25, 0.3) is 11.2 Å². The van der Waals surface area contributed by atoms with E-state index in [2.05, 4.69) is 20.3 Å². The minimum absolute atomic E-state index is 0.333. The van der Waals surface area contributed by atoms with E-state index >= 15 is 0 Å². The standard InChI is InChI=1S/C15H11ClN4O2/c1-22-13-3-2-10(16)7-11(13)20-15(21)9-6-12-14(19-8-9)18-5-4-17-12/h2-8H,1H3,(H,20,21). The lowest BCUT2D eigenvalue weighted by atomic mass is 10.2. The average molecular weight is 315 g/mol. The topological polar surface area (TPSA) is 77.0 Å². The predicted octanol–water partition coefficient (Wildman–Crippen LogP) is 2.94. The molecule has 6 nitrogen and oxygen atoms in total. The largest absolute Gasteiger partial charge is 0.495 e. The molecule has 1 N–H and O–H groups in total. The Morgan fingerprint density at radius 3 is 2.82 bits per heavy atom. The van der Waals surface area contributed by atoms with E-state index in [1.54, 1.807) is 36.7 Å². The van der Waals surface area contributed by atoms with E-state index in [1.807, 2.05) is 0 Å². The van der Waals surface area contributed by atoms with Crippen LogP contribution < -0.4 is 10.1 Å². The van der Waals surface area contributed by atoms with Crippen LogP contribution in [0.15, 0.2) is 42.9 Å². The molecule has 0 spiro atoms. The van der Waals surface area contributed by atoms with Crippen molar-refractivity contribution in [2.24, 2.45) is 0 Å². The molecule has 0 aliphatic rings. The molecule has 7 heteroatoms. The maximum absolute atomic E-state index is 12.3. The van der Waals surface area contributed by atoms with E-state index < -0.39 is 0 Å². The second kappa shape index (κ2) is 5.95. The number of halogens is 1. The van der Waals surface area contributed by atoms with Gasteiger partial charge in [-0.25, -0.2) is 9.97 Å². The van der Waals surface area contributed by atoms with E-state index in [0.717, 1.165) is 0 Å². The molecule has 0 fully saturated rings. The molecule has 110 valence electrons. The number of aromatic nitrogens is 3. The van der Waals surface area contributed by atoms with Crippen LogP contribution in [-0.2, 0) is 0 Å². The summed E-state index contributed by atoms with van der Waals surface area (Å²) in [6.07, 6.45) is 4.54. The number of pyridine rings is 1. The number of rotatable bonds is 3. The maximum atomic E-state index is 12.3. The first-order valence-corrected chi connectivity index (χ1v) is 6.77. The van der Waals surface area contributed by atoms with Crippen molar-refractivity contribution in [3.8, 4) is 5.75 Å². The fourth-order valence-electron chi connectivity index (χ4n) is 1.95. The molecular formula is C15H11ClN4O2. The number of anilines is 1. The number of benzene rings is 1. The van der Waals surface area contributed by atoms with Crippen molar-refractivity contribution >= 4 is 34.4 Å². The van der Waals surface area contributed by atoms with Gasteiger partial charge in [0.15, 0.2) is 5.65 Å². The van der Waals surface area contributed by atoms with Crippen molar-refractivity contribution < 1.29 is 9.53 Å². The molecule has 3 aromatic rings. The first kappa shape index (κ1) is 14.2. The summed E-state index contributed by atoms with van der Waals surface area (Å²) in [6, 6.07) is 6.61. The first-order valence-electron chi connectivity index (χ1n) is 6.39. The summed E-state index contributed by atoms with van der Waals surface area (Å²) in [5, 5.41) is 3.25. The van der Waals surface area contributed by atoms with Crippen LogP contribution in [0, 0.1) is 0 Å². The summed E-state index contributed by atoms with van der Waals surface area (Å²) in [5.41, 5.74) is 1.89. The van der Waals surface area contributed by atoms with Gasteiger partial charge in [-0.3, -0.25) is 9.78 Å². The van der Waals surface area contributed by atoms with Gasteiger partial charge in [0.05, 0.1) is 18.4 Å². The Labute approximate surface area is 131 Å². The highest BCUT2D eigenvalue weighted by Gasteiger charge is 2.12. The van der Waals surface area contributed by atoms with Crippen LogP contribution >= 0.6 is 11.6 Å². The van der Waals surface area contributed by atoms with Gasteiger partial charge in [0.25, 0.3) is 5.91 Å². The molecule has 2 heterocycles. The molecule has 0 atom stereocenters. The molecule has 1 aromatic carbocycles. The molecule has 1 amide bonds. The van der Waals surface area contributed by atoms with Gasteiger partial charge in [-0.15, -0.1) is 0 Å². The third-order valence-corrected chi connectivity index (χ3v) is 3.23. The zero-order chi connectivity index (χ0) is 15.5. The number of nitrogens with zero attached hydrogens (tertiary/aromatic N) is 3. The maximum Gasteiger partial charge on any atom is 0.257 e. The molecule has 0 saturated heterocycles. The van der Waals surface area contributed by atoms with E-state index in [4.69, 9.17) is 16.3 Å². The predicted molar refractivity (Wildman–Crippen MR) is 83.3 cm³/mol. The zero-order valence-electron chi connectivity index (χ0n) is 11.6. The van der Waals surface area contributed by atoms with E-state index in [0.29, 0.717) is 33.2 Å². The number of methoxy groups -OCH3 is 1. The fourth-order valence-corrected chi connectivity index (χ4v) is 2.13. The number of nitrogens with one attached hydrogen (secondary N) is 1. The molecule has 0 bridgehead atoms. The lowest BCUT2D eigenvalue weighted by molar-refractivity contribution is 0.102. The van der Waals surface area contributed by atoms with Gasteiger partial charge in [-0.2, -0.15) is 0 Å². The zero-order valence-corrected chi connectivity index (χ0v) is 12.3. The summed E-state index contributed by atoms with van der Waals surface area (Å²) in [5.74, 6) is 0.187. The van der Waals surface area contributed by atoms with Gasteiger partial charge in [0.1, 0.15) is 11.3 Å². The number of fused-ring (bicyclic) bond motifs is 1. The summed E-state index contributed by atoms with van der Waals surface area (Å²) in [7, 11) is 1.52. The molecule has 22 heavy (non-hydrogen) atoms. The van der Waals surface area contributed by atoms with Crippen LogP contribution in [0.1, 0.15) is 10.4 Å². The third kappa shape index (κ3) is 2.82. The van der Waals surface area contributed by atoms with Crippen molar-refractivity contribution in [1.82, 2.24) is 15.0 Å². The summed E-state index contributed by atoms with van der Waals surface area (Å²) in [4.78, 5) is 24.6. The third-order valence-electron chi connectivity index (χ3n) is 3.00. The normalized spacial score (nSPS) is 10.5. The quantitative estimate of drug-likeness (QED) is 0.804. The van der Waals surface area contributed by atoms with E-state index in [9.17, 15) is 4.79 Å². The molecule has 2 aromatic heterocycles. The first-order chi connectivity index (χ1) is 10.7. The van der Waals surface area contributed by atoms with E-state index in [1.165, 1.54) is 13.3 Å². The van der Waals surface area contributed by atoms with Crippen LogP contribution in [0.3, 0.4) is 0 Å². The Morgan fingerprint density at radius 2 is 2.00 bits per heavy atom. The lowest BCUT2D eigenvalue weighted by Gasteiger charge is -2.10. The highest BCUT2D eigenvalue weighted by molar-refractivity contribution is 6.31. The van der Waals surface area contributed by atoms with Gasteiger partial charge in [-0.1, -0.05) is 11.6 Å². The molecule has 0 unspecified atom stereocenters. The number of ether oxygens (including phenoxy) is 1. The second-order valence-corrected chi connectivity index (χ2v) is 4.86. The molecule has 0 aliphatic heterocycles. The van der Waals surface area contributed by atoms with Crippen molar-refractivity contribution in [2.45, 2.75) is 0 Å². The SMILES string of the molecule is COc1ccc(Cl)cc1NC(=O)c1cnc2nccnc2c1. The number of carbonyl (C=O) groups excluding carboxylic acids is 1. The number of hydrogen-bond acceptors (Lipinski definition) is 5. The van der Waals surface area contributed by atoms with Crippen LogP contribution in [0.2, 0.25) is 5.02 Å². The smallest absolute Gasteiger partial charge is 0.257 e. The Kier molecular flexibility index (Phi) is 3.84. The Bertz CT molecular complexity index is 854. The molecule has 3 rings (SSSR count). The summed E-state index contributed by atoms with van der Waals surface area (Å²) >= 11 is 5.94. The number of amides is 1. The summed E-state index contributed by atoms with van der Waals surface area (Å²) < 4.78 is 5.20. The Hall–Kier alpha value is -2.73. The molecular weight excluding hydrogens is 304 g/mol. The lowest BCUT2D eigenvalue weighted by Crippen LogP contribution is -2.13. The van der Waals surface area contributed by atoms with Crippen molar-refractivity contribution in [1.29, 1.82) is 0 Å². The number of carbonyl (C=O) groups is 1. The van der Waals surface area contributed by atoms with Gasteiger partial charge in [0, 0.05) is 23.6 Å². The summed E-state index contributed by atoms with van der Waals surface area (Å²) in [6.45, 7) is 0. The highest BCUT2D eigenvalue weighted by atomic mass is 35.5. The Balaban J connectivity index is 1.91. The van der Waals surface area contributed by atoms with Gasteiger partial charge in [-0.05, 0) is 24.3 Å². The monoisotopic (exact) mass is 314 g/mol. The van der Waals surface area contributed by atoms with Gasteiger partial charge < -0.3 is 10.1 Å². The van der Waals surface area contributed by atoms with Crippen LogP contribution in [0.4, 0.5) is 5.69 Å². The minimum Gasteiger partial charge on any atom is -0.495 e. The van der Waals surface area contributed by atoms with Crippen LogP contribution in [-0.4, -0.2) is 28.0 Å². The molecule has 0 aliphatic carbocycles. The average Bonchev–Trinajstić information content (AvgIpc) is 2.54. The van der Waals surface area contributed by atoms with Crippen molar-refractivity contribution in [2.75, 3.05) is 12.4 Å². The fraction of sp³-hybridized carbons (Fsp3) is 0.0667. The van der Waals surface area contributed by atoms with Crippen molar-refractivity contribution in [3.05, 3.63) is 53.4 Å². The minimum atomic E-state index is -0.333. The molecule has 0 radical (unpaired) electrons. The van der Waals surface area contributed by atoms with Gasteiger partial charge in [0.2, 0.25) is 0 Å². The molecule has 0 saturated carbocycles. The van der Waals surface area contributed by atoms with Crippen LogP contribution in [0.5, 0.6) is 5.75 Å². The van der Waals surface area contributed by atoms with E-state index in [-0.39, 0.29) is 5.91 Å². The second-order valence-electron chi connectivity index (χ2n) is 4.42. The number of hydrogen-bond donors (Lipinski definition) is 1. The van der Waals surface area contributed by atoms with Gasteiger partial charge >= 0.3 is 0 Å². The highest BCUT2D eigenvalue weighted by Crippen LogP contribution is 2.28. The van der Waals surface area contributed by atoms with Crippen molar-refractivity contribution in [3.63, 3.8) is 0 Å².